The van der Waals surface area contributed by atoms with Crippen LogP contribution in [0.25, 0.3) is 0 Å². The third-order valence-corrected chi connectivity index (χ3v) is 3.93. The maximum atomic E-state index is 11.2. The number of carbonyl (C=O) groups is 1. The molecule has 3 heteroatoms. The van der Waals surface area contributed by atoms with Crippen molar-refractivity contribution in [3.05, 3.63) is 0 Å². The van der Waals surface area contributed by atoms with Crippen molar-refractivity contribution in [2.24, 2.45) is 11.8 Å². The topological polar surface area (TPSA) is 40.5 Å². The summed E-state index contributed by atoms with van der Waals surface area (Å²) in [5, 5.41) is 9.26. The highest BCUT2D eigenvalue weighted by atomic mass is 16.4. The zero-order chi connectivity index (χ0) is 10.1. The predicted molar refractivity (Wildman–Crippen MR) is 54.1 cm³/mol. The molecule has 2 unspecified atom stereocenters. The molecule has 1 N–H and O–H groups in total. The maximum Gasteiger partial charge on any atom is 0.308 e. The SMILES string of the molecule is CN1CCCC1C(C(=O)O)C1CCC1. The summed E-state index contributed by atoms with van der Waals surface area (Å²) >= 11 is 0. The molecule has 0 aromatic rings. The number of likely N-dealkylation sites (tertiary alicyclic amines) is 1. The van der Waals surface area contributed by atoms with E-state index in [0.29, 0.717) is 12.0 Å². The molecular weight excluding hydrogens is 178 g/mol. The Kier molecular flexibility index (Phi) is 2.77. The number of hydrogen-bond donors (Lipinski definition) is 1. The Bertz CT molecular complexity index is 225. The molecule has 1 aliphatic carbocycles. The Morgan fingerprint density at radius 3 is 2.43 bits per heavy atom. The standard InChI is InChI=1S/C11H19NO2/c1-12-7-3-6-9(12)10(11(13)14)8-4-2-5-8/h8-10H,2-7H2,1H3,(H,13,14). The van der Waals surface area contributed by atoms with Gasteiger partial charge in [0.25, 0.3) is 0 Å². The lowest BCUT2D eigenvalue weighted by molar-refractivity contribution is -0.147. The van der Waals surface area contributed by atoms with Gasteiger partial charge in [0.05, 0.1) is 5.92 Å². The summed E-state index contributed by atoms with van der Waals surface area (Å²) in [7, 11) is 2.06. The summed E-state index contributed by atoms with van der Waals surface area (Å²) in [6, 6.07) is 0.304. The summed E-state index contributed by atoms with van der Waals surface area (Å²) in [4.78, 5) is 13.5. The average molecular weight is 197 g/mol. The van der Waals surface area contributed by atoms with Crippen LogP contribution in [0.3, 0.4) is 0 Å². The van der Waals surface area contributed by atoms with E-state index >= 15 is 0 Å². The molecule has 2 aliphatic rings. The van der Waals surface area contributed by atoms with Crippen molar-refractivity contribution in [1.29, 1.82) is 0 Å². The van der Waals surface area contributed by atoms with Crippen LogP contribution in [0.1, 0.15) is 32.1 Å². The van der Waals surface area contributed by atoms with Crippen LogP contribution in [0.5, 0.6) is 0 Å². The fourth-order valence-electron chi connectivity index (χ4n) is 2.87. The van der Waals surface area contributed by atoms with Gasteiger partial charge >= 0.3 is 5.97 Å². The van der Waals surface area contributed by atoms with Gasteiger partial charge in [-0.05, 0) is 45.2 Å². The second kappa shape index (κ2) is 3.89. The highest BCUT2D eigenvalue weighted by Crippen LogP contribution is 2.39. The van der Waals surface area contributed by atoms with Gasteiger partial charge in [0.15, 0.2) is 0 Å². The van der Waals surface area contributed by atoms with E-state index in [9.17, 15) is 9.90 Å². The van der Waals surface area contributed by atoms with Crippen molar-refractivity contribution >= 4 is 5.97 Å². The molecule has 2 rings (SSSR count). The fraction of sp³-hybridized carbons (Fsp3) is 0.909. The van der Waals surface area contributed by atoms with E-state index in [2.05, 4.69) is 11.9 Å². The van der Waals surface area contributed by atoms with E-state index < -0.39 is 5.97 Å². The summed E-state index contributed by atoms with van der Waals surface area (Å²) < 4.78 is 0. The third kappa shape index (κ3) is 1.65. The fourth-order valence-corrected chi connectivity index (χ4v) is 2.87. The van der Waals surface area contributed by atoms with E-state index in [4.69, 9.17) is 0 Å². The molecule has 0 bridgehead atoms. The number of aliphatic carboxylic acids is 1. The van der Waals surface area contributed by atoms with Crippen molar-refractivity contribution in [3.8, 4) is 0 Å². The van der Waals surface area contributed by atoms with E-state index in [-0.39, 0.29) is 5.92 Å². The van der Waals surface area contributed by atoms with Gasteiger partial charge in [-0.15, -0.1) is 0 Å². The second-order valence-electron chi connectivity index (χ2n) is 4.75. The minimum Gasteiger partial charge on any atom is -0.481 e. The zero-order valence-electron chi connectivity index (χ0n) is 8.78. The molecule has 1 heterocycles. The van der Waals surface area contributed by atoms with Crippen LogP contribution in [-0.4, -0.2) is 35.6 Å². The van der Waals surface area contributed by atoms with Crippen LogP contribution in [-0.2, 0) is 4.79 Å². The largest absolute Gasteiger partial charge is 0.481 e. The molecule has 3 nitrogen and oxygen atoms in total. The smallest absolute Gasteiger partial charge is 0.308 e. The van der Waals surface area contributed by atoms with Crippen molar-refractivity contribution in [2.75, 3.05) is 13.6 Å². The molecule has 0 amide bonds. The Labute approximate surface area is 85.1 Å². The van der Waals surface area contributed by atoms with Crippen molar-refractivity contribution < 1.29 is 9.90 Å². The first kappa shape index (κ1) is 9.97. The second-order valence-corrected chi connectivity index (χ2v) is 4.75. The first-order chi connectivity index (χ1) is 6.70. The van der Waals surface area contributed by atoms with E-state index in [1.807, 2.05) is 0 Å². The van der Waals surface area contributed by atoms with Gasteiger partial charge in [0, 0.05) is 6.04 Å². The van der Waals surface area contributed by atoms with Crippen LogP contribution >= 0.6 is 0 Å². The summed E-state index contributed by atoms with van der Waals surface area (Å²) in [6.45, 7) is 1.07. The Balaban J connectivity index is 2.05. The van der Waals surface area contributed by atoms with Gasteiger partial charge in [0.2, 0.25) is 0 Å². The van der Waals surface area contributed by atoms with Gasteiger partial charge in [-0.25, -0.2) is 0 Å². The molecule has 80 valence electrons. The van der Waals surface area contributed by atoms with Gasteiger partial charge in [-0.1, -0.05) is 6.42 Å². The number of rotatable bonds is 3. The lowest BCUT2D eigenvalue weighted by atomic mass is 9.72. The van der Waals surface area contributed by atoms with Crippen LogP contribution in [0.15, 0.2) is 0 Å². The number of nitrogens with zero attached hydrogens (tertiary/aromatic N) is 1. The predicted octanol–water partition coefficient (Wildman–Crippen LogP) is 1.58. The molecule has 1 saturated heterocycles. The quantitative estimate of drug-likeness (QED) is 0.746. The third-order valence-electron chi connectivity index (χ3n) is 3.93. The molecule has 0 aromatic heterocycles. The number of carboxylic acid groups (broad SMARTS) is 1. The minimum atomic E-state index is -0.576. The van der Waals surface area contributed by atoms with Crippen molar-refractivity contribution in [1.82, 2.24) is 4.90 Å². The average Bonchev–Trinajstić information content (AvgIpc) is 2.42. The van der Waals surface area contributed by atoms with Gasteiger partial charge in [-0.3, -0.25) is 4.79 Å². The zero-order valence-corrected chi connectivity index (χ0v) is 8.78. The molecule has 2 fully saturated rings. The Hall–Kier alpha value is -0.570. The van der Waals surface area contributed by atoms with Crippen molar-refractivity contribution in [2.45, 2.75) is 38.1 Å². The molecule has 1 saturated carbocycles. The molecule has 0 aromatic carbocycles. The maximum absolute atomic E-state index is 11.2. The van der Waals surface area contributed by atoms with E-state index in [0.717, 1.165) is 32.2 Å². The molecule has 14 heavy (non-hydrogen) atoms. The summed E-state index contributed by atoms with van der Waals surface area (Å²) in [5.41, 5.74) is 0. The molecule has 1 aliphatic heterocycles. The monoisotopic (exact) mass is 197 g/mol. The number of carboxylic acids is 1. The Morgan fingerprint density at radius 1 is 1.36 bits per heavy atom. The highest BCUT2D eigenvalue weighted by molar-refractivity contribution is 5.71. The summed E-state index contributed by atoms with van der Waals surface area (Å²) in [6.07, 6.45) is 5.72. The first-order valence-electron chi connectivity index (χ1n) is 5.63. The van der Waals surface area contributed by atoms with Crippen LogP contribution in [0.4, 0.5) is 0 Å². The normalized spacial score (nSPS) is 31.4. The molecule has 0 spiro atoms. The number of hydrogen-bond acceptors (Lipinski definition) is 2. The van der Waals surface area contributed by atoms with E-state index in [1.165, 1.54) is 6.42 Å². The molecular formula is C11H19NO2. The van der Waals surface area contributed by atoms with Gasteiger partial charge in [0.1, 0.15) is 0 Å². The first-order valence-corrected chi connectivity index (χ1v) is 5.63. The lowest BCUT2D eigenvalue weighted by Gasteiger charge is -2.37. The molecule has 0 radical (unpaired) electrons. The molecule has 2 atom stereocenters. The van der Waals surface area contributed by atoms with Gasteiger partial charge < -0.3 is 10.0 Å². The van der Waals surface area contributed by atoms with Crippen LogP contribution in [0.2, 0.25) is 0 Å². The van der Waals surface area contributed by atoms with Crippen LogP contribution in [0, 0.1) is 11.8 Å². The minimum absolute atomic E-state index is 0.101. The highest BCUT2D eigenvalue weighted by Gasteiger charge is 2.41. The Morgan fingerprint density at radius 2 is 2.07 bits per heavy atom. The van der Waals surface area contributed by atoms with Crippen molar-refractivity contribution in [3.63, 3.8) is 0 Å². The summed E-state index contributed by atoms with van der Waals surface area (Å²) in [5.74, 6) is -0.220. The van der Waals surface area contributed by atoms with Crippen LogP contribution < -0.4 is 0 Å². The van der Waals surface area contributed by atoms with Gasteiger partial charge in [-0.2, -0.15) is 0 Å². The van der Waals surface area contributed by atoms with E-state index in [1.54, 1.807) is 0 Å². The lowest BCUT2D eigenvalue weighted by Crippen LogP contribution is -2.43.